The van der Waals surface area contributed by atoms with E-state index >= 15 is 0 Å². The van der Waals surface area contributed by atoms with Crippen LogP contribution in [0.25, 0.3) is 0 Å². The largest absolute Gasteiger partial charge is 0.316 e. The lowest BCUT2D eigenvalue weighted by Gasteiger charge is -2.17. The van der Waals surface area contributed by atoms with Gasteiger partial charge in [0.25, 0.3) is 0 Å². The Balaban J connectivity index is 2.41. The van der Waals surface area contributed by atoms with Crippen molar-refractivity contribution < 1.29 is 9.59 Å². The number of carbonyl (C=O) groups is 2. The van der Waals surface area contributed by atoms with Gasteiger partial charge in [0.05, 0.1) is 0 Å². The maximum Gasteiger partial charge on any atom is 0.226 e. The number of nitrogens with zero attached hydrogens (tertiary/aromatic N) is 1. The minimum absolute atomic E-state index is 0.0564. The highest BCUT2D eigenvalue weighted by atomic mass is 35.5. The van der Waals surface area contributed by atoms with Crippen molar-refractivity contribution in [2.45, 2.75) is 32.6 Å². The maximum atomic E-state index is 11.9. The van der Waals surface area contributed by atoms with Crippen LogP contribution in [-0.2, 0) is 9.59 Å². The van der Waals surface area contributed by atoms with Crippen LogP contribution in [0.3, 0.4) is 0 Å². The number of ketones is 1. The third-order valence-corrected chi connectivity index (χ3v) is 3.01. The summed E-state index contributed by atoms with van der Waals surface area (Å²) >= 11 is 5.79. The van der Waals surface area contributed by atoms with Crippen LogP contribution in [-0.4, -0.2) is 18.7 Å². The smallest absolute Gasteiger partial charge is 0.226 e. The van der Waals surface area contributed by atoms with Gasteiger partial charge in [-0.15, -0.1) is 0 Å². The normalized spacial score (nSPS) is 10.2. The fourth-order valence-corrected chi connectivity index (χ4v) is 1.75. The summed E-state index contributed by atoms with van der Waals surface area (Å²) in [6.07, 6.45) is 2.54. The molecule has 0 bridgehead atoms. The molecule has 0 unspecified atom stereocenters. The summed E-state index contributed by atoms with van der Waals surface area (Å²) in [6, 6.07) is 7.15. The highest BCUT2D eigenvalue weighted by Crippen LogP contribution is 2.18. The third kappa shape index (κ3) is 4.88. The lowest BCUT2D eigenvalue weighted by atomic mass is 10.1. The number of hydrogen-bond acceptors (Lipinski definition) is 2. The van der Waals surface area contributed by atoms with Crippen molar-refractivity contribution in [1.29, 1.82) is 0 Å². The van der Waals surface area contributed by atoms with Crippen molar-refractivity contribution in [3.63, 3.8) is 0 Å². The summed E-state index contributed by atoms with van der Waals surface area (Å²) < 4.78 is 0. The Morgan fingerprint density at radius 3 is 2.22 bits per heavy atom. The van der Waals surface area contributed by atoms with Crippen molar-refractivity contribution in [3.8, 4) is 0 Å². The summed E-state index contributed by atoms with van der Waals surface area (Å²) in [5.74, 6) is 0.231. The fourth-order valence-electron chi connectivity index (χ4n) is 1.63. The van der Waals surface area contributed by atoms with Gasteiger partial charge in [0.15, 0.2) is 0 Å². The Labute approximate surface area is 113 Å². The number of Topliss-reactive ketones (excluding diaryl/α,β-unsaturated/α-hetero) is 1. The SMILES string of the molecule is CC(=O)CCCCC(=O)N(C)c1ccc(Cl)cc1. The van der Waals surface area contributed by atoms with E-state index in [1.165, 1.54) is 0 Å². The van der Waals surface area contributed by atoms with Crippen LogP contribution >= 0.6 is 11.6 Å². The topological polar surface area (TPSA) is 37.4 Å². The predicted octanol–water partition coefficient (Wildman–Crippen LogP) is 3.45. The first kappa shape index (κ1) is 14.7. The summed E-state index contributed by atoms with van der Waals surface area (Å²) in [6.45, 7) is 1.57. The molecule has 1 aromatic rings. The molecule has 0 saturated carbocycles. The molecule has 98 valence electrons. The first-order valence-electron chi connectivity index (χ1n) is 6.02. The highest BCUT2D eigenvalue weighted by Gasteiger charge is 2.10. The zero-order chi connectivity index (χ0) is 13.5. The Kier molecular flexibility index (Phi) is 5.86. The molecule has 0 heterocycles. The van der Waals surface area contributed by atoms with E-state index < -0.39 is 0 Å². The molecule has 0 radical (unpaired) electrons. The van der Waals surface area contributed by atoms with Gasteiger partial charge < -0.3 is 9.69 Å². The molecular formula is C14H18ClNO2. The van der Waals surface area contributed by atoms with Crippen molar-refractivity contribution in [2.75, 3.05) is 11.9 Å². The Morgan fingerprint density at radius 2 is 1.67 bits per heavy atom. The second-order valence-electron chi connectivity index (χ2n) is 4.34. The molecular weight excluding hydrogens is 250 g/mol. The number of anilines is 1. The predicted molar refractivity (Wildman–Crippen MR) is 74.0 cm³/mol. The lowest BCUT2D eigenvalue weighted by molar-refractivity contribution is -0.119. The fraction of sp³-hybridized carbons (Fsp3) is 0.429. The molecule has 0 atom stereocenters. The Hall–Kier alpha value is -1.35. The van der Waals surface area contributed by atoms with E-state index in [4.69, 9.17) is 11.6 Å². The molecule has 18 heavy (non-hydrogen) atoms. The van der Waals surface area contributed by atoms with Crippen molar-refractivity contribution in [2.24, 2.45) is 0 Å². The molecule has 3 nitrogen and oxygen atoms in total. The zero-order valence-corrected chi connectivity index (χ0v) is 11.5. The number of unbranched alkanes of at least 4 members (excludes halogenated alkanes) is 1. The molecule has 0 aliphatic carbocycles. The number of amides is 1. The number of carbonyl (C=O) groups excluding carboxylic acids is 2. The number of halogens is 1. The number of benzene rings is 1. The zero-order valence-electron chi connectivity index (χ0n) is 10.8. The lowest BCUT2D eigenvalue weighted by Crippen LogP contribution is -2.25. The quantitative estimate of drug-likeness (QED) is 0.741. The molecule has 1 rings (SSSR count). The summed E-state index contributed by atoms with van der Waals surface area (Å²) in [4.78, 5) is 24.3. The van der Waals surface area contributed by atoms with Crippen LogP contribution in [0.5, 0.6) is 0 Å². The van der Waals surface area contributed by atoms with Gasteiger partial charge in [0.1, 0.15) is 5.78 Å². The summed E-state index contributed by atoms with van der Waals surface area (Å²) in [5.41, 5.74) is 0.830. The highest BCUT2D eigenvalue weighted by molar-refractivity contribution is 6.30. The van der Waals surface area contributed by atoms with Gasteiger partial charge in [0.2, 0.25) is 5.91 Å². The van der Waals surface area contributed by atoms with E-state index in [0.717, 1.165) is 18.5 Å². The van der Waals surface area contributed by atoms with Gasteiger partial charge in [-0.05, 0) is 44.0 Å². The van der Waals surface area contributed by atoms with Crippen molar-refractivity contribution in [1.82, 2.24) is 0 Å². The first-order valence-corrected chi connectivity index (χ1v) is 6.40. The van der Waals surface area contributed by atoms with Gasteiger partial charge in [0, 0.05) is 30.6 Å². The summed E-state index contributed by atoms with van der Waals surface area (Å²) in [7, 11) is 1.75. The van der Waals surface area contributed by atoms with E-state index in [-0.39, 0.29) is 11.7 Å². The minimum Gasteiger partial charge on any atom is -0.316 e. The molecule has 0 aliphatic heterocycles. The molecule has 0 saturated heterocycles. The average Bonchev–Trinajstić information content (AvgIpc) is 2.34. The first-order chi connectivity index (χ1) is 8.50. The van der Waals surface area contributed by atoms with Crippen LogP contribution in [0.15, 0.2) is 24.3 Å². The molecule has 0 N–H and O–H groups in total. The van der Waals surface area contributed by atoms with Gasteiger partial charge in [-0.1, -0.05) is 11.6 Å². The van der Waals surface area contributed by atoms with Crippen LogP contribution in [0, 0.1) is 0 Å². The monoisotopic (exact) mass is 267 g/mol. The van der Waals surface area contributed by atoms with Gasteiger partial charge in [-0.2, -0.15) is 0 Å². The van der Waals surface area contributed by atoms with Crippen LogP contribution in [0.1, 0.15) is 32.6 Å². The van der Waals surface area contributed by atoms with E-state index in [1.807, 2.05) is 12.1 Å². The van der Waals surface area contributed by atoms with Crippen LogP contribution in [0.2, 0.25) is 5.02 Å². The maximum absolute atomic E-state index is 11.9. The van der Waals surface area contributed by atoms with E-state index in [1.54, 1.807) is 31.0 Å². The molecule has 1 amide bonds. The molecule has 0 spiro atoms. The van der Waals surface area contributed by atoms with E-state index in [0.29, 0.717) is 17.9 Å². The third-order valence-electron chi connectivity index (χ3n) is 2.76. The minimum atomic E-state index is 0.0564. The summed E-state index contributed by atoms with van der Waals surface area (Å²) in [5, 5.41) is 0.654. The van der Waals surface area contributed by atoms with E-state index in [2.05, 4.69) is 0 Å². The Bertz CT molecular complexity index is 414. The standard InChI is InChI=1S/C14H18ClNO2/c1-11(17)5-3-4-6-14(18)16(2)13-9-7-12(15)8-10-13/h7-10H,3-6H2,1-2H3. The molecule has 0 aromatic heterocycles. The van der Waals surface area contributed by atoms with Crippen molar-refractivity contribution >= 4 is 29.0 Å². The number of rotatable bonds is 6. The Morgan fingerprint density at radius 1 is 1.11 bits per heavy atom. The molecule has 0 fully saturated rings. The molecule has 4 heteroatoms. The van der Waals surface area contributed by atoms with E-state index in [9.17, 15) is 9.59 Å². The molecule has 1 aromatic carbocycles. The van der Waals surface area contributed by atoms with Gasteiger partial charge >= 0.3 is 0 Å². The second kappa shape index (κ2) is 7.17. The van der Waals surface area contributed by atoms with Gasteiger partial charge in [-0.25, -0.2) is 0 Å². The van der Waals surface area contributed by atoms with Crippen molar-refractivity contribution in [3.05, 3.63) is 29.3 Å². The van der Waals surface area contributed by atoms with Crippen LogP contribution < -0.4 is 4.90 Å². The van der Waals surface area contributed by atoms with Crippen LogP contribution in [0.4, 0.5) is 5.69 Å². The number of hydrogen-bond donors (Lipinski definition) is 0. The average molecular weight is 268 g/mol. The second-order valence-corrected chi connectivity index (χ2v) is 4.77. The molecule has 0 aliphatic rings. The van der Waals surface area contributed by atoms with Gasteiger partial charge in [-0.3, -0.25) is 4.79 Å².